The average molecular weight is 315 g/mol. The fourth-order valence-corrected chi connectivity index (χ4v) is 3.10. The van der Waals surface area contributed by atoms with Crippen molar-refractivity contribution in [3.05, 3.63) is 29.0 Å². The van der Waals surface area contributed by atoms with Crippen molar-refractivity contribution in [2.24, 2.45) is 11.1 Å². The van der Waals surface area contributed by atoms with Gasteiger partial charge in [0.15, 0.2) is 0 Å². The molecule has 0 aromatic heterocycles. The predicted octanol–water partition coefficient (Wildman–Crippen LogP) is 3.65. The molecule has 0 heterocycles. The fourth-order valence-electron chi connectivity index (χ4n) is 2.59. The summed E-state index contributed by atoms with van der Waals surface area (Å²) in [5.41, 5.74) is 4.87. The number of hydrogen-bond donors (Lipinski definition) is 2. The molecular formula is C14H16ClFN2OS. The Kier molecular flexibility index (Phi) is 4.60. The molecule has 1 saturated carbocycles. The molecule has 0 bridgehead atoms. The molecule has 20 heavy (non-hydrogen) atoms. The third-order valence-corrected chi connectivity index (χ3v) is 4.52. The number of carbonyl (C=O) groups is 1. The van der Waals surface area contributed by atoms with Crippen LogP contribution < -0.4 is 11.1 Å². The Hall–Kier alpha value is -1.20. The Morgan fingerprint density at radius 2 is 2.00 bits per heavy atom. The maximum absolute atomic E-state index is 13.7. The Morgan fingerprint density at radius 3 is 2.55 bits per heavy atom. The molecule has 1 aliphatic rings. The van der Waals surface area contributed by atoms with E-state index in [0.29, 0.717) is 12.8 Å². The molecule has 0 saturated heterocycles. The largest absolute Gasteiger partial charge is 0.392 e. The molecule has 0 unspecified atom stereocenters. The van der Waals surface area contributed by atoms with E-state index in [9.17, 15) is 9.18 Å². The predicted molar refractivity (Wildman–Crippen MR) is 82.3 cm³/mol. The molecule has 1 aromatic carbocycles. The first-order chi connectivity index (χ1) is 9.47. The van der Waals surface area contributed by atoms with E-state index in [1.807, 2.05) is 0 Å². The van der Waals surface area contributed by atoms with E-state index in [0.717, 1.165) is 19.3 Å². The molecule has 2 rings (SSSR count). The van der Waals surface area contributed by atoms with Gasteiger partial charge >= 0.3 is 0 Å². The minimum absolute atomic E-state index is 0.0136. The summed E-state index contributed by atoms with van der Waals surface area (Å²) in [6.07, 6.45) is 4.02. The Morgan fingerprint density at radius 1 is 1.35 bits per heavy atom. The van der Waals surface area contributed by atoms with Gasteiger partial charge in [0.25, 0.3) is 0 Å². The molecule has 1 aliphatic carbocycles. The average Bonchev–Trinajstić information content (AvgIpc) is 2.43. The van der Waals surface area contributed by atoms with Crippen LogP contribution in [0, 0.1) is 11.2 Å². The van der Waals surface area contributed by atoms with Crippen molar-refractivity contribution in [1.82, 2.24) is 0 Å². The lowest BCUT2D eigenvalue weighted by molar-refractivity contribution is -0.123. The van der Waals surface area contributed by atoms with E-state index >= 15 is 0 Å². The van der Waals surface area contributed by atoms with Gasteiger partial charge in [-0.2, -0.15) is 0 Å². The zero-order valence-electron chi connectivity index (χ0n) is 10.9. The van der Waals surface area contributed by atoms with Crippen molar-refractivity contribution in [3.63, 3.8) is 0 Å². The summed E-state index contributed by atoms with van der Waals surface area (Å²) in [4.78, 5) is 12.7. The summed E-state index contributed by atoms with van der Waals surface area (Å²) in [6.45, 7) is 0. The van der Waals surface area contributed by atoms with Crippen LogP contribution in [0.15, 0.2) is 18.2 Å². The minimum atomic E-state index is -0.890. The summed E-state index contributed by atoms with van der Waals surface area (Å²) >= 11 is 11.0. The third-order valence-electron chi connectivity index (χ3n) is 3.81. The fraction of sp³-hybridized carbons (Fsp3) is 0.429. The van der Waals surface area contributed by atoms with Crippen molar-refractivity contribution < 1.29 is 9.18 Å². The second-order valence-electron chi connectivity index (χ2n) is 5.06. The highest BCUT2D eigenvalue weighted by Crippen LogP contribution is 2.38. The second kappa shape index (κ2) is 6.06. The lowest BCUT2D eigenvalue weighted by atomic mass is 9.73. The topological polar surface area (TPSA) is 55.1 Å². The zero-order valence-corrected chi connectivity index (χ0v) is 12.5. The Balaban J connectivity index is 2.28. The van der Waals surface area contributed by atoms with Gasteiger partial charge in [0, 0.05) is 0 Å². The van der Waals surface area contributed by atoms with Gasteiger partial charge in [-0.1, -0.05) is 49.1 Å². The van der Waals surface area contributed by atoms with Gasteiger partial charge in [-0.15, -0.1) is 0 Å². The number of nitrogens with one attached hydrogen (secondary N) is 1. The number of amides is 1. The van der Waals surface area contributed by atoms with Gasteiger partial charge in [0.2, 0.25) is 5.91 Å². The number of halogens is 2. The van der Waals surface area contributed by atoms with Crippen LogP contribution >= 0.6 is 23.8 Å². The van der Waals surface area contributed by atoms with Gasteiger partial charge in [0.05, 0.1) is 21.1 Å². The zero-order chi connectivity index (χ0) is 14.8. The van der Waals surface area contributed by atoms with Gasteiger partial charge < -0.3 is 11.1 Å². The SMILES string of the molecule is NC(=S)C1(C(=O)Nc2c(F)cccc2Cl)CCCCC1. The number of thiocarbonyl (C=S) groups is 1. The van der Waals surface area contributed by atoms with Crippen LogP contribution in [0.25, 0.3) is 0 Å². The third kappa shape index (κ3) is 2.79. The molecule has 3 N–H and O–H groups in total. The quantitative estimate of drug-likeness (QED) is 0.837. The molecule has 1 fully saturated rings. The highest BCUT2D eigenvalue weighted by molar-refractivity contribution is 7.80. The molecule has 3 nitrogen and oxygen atoms in total. The van der Waals surface area contributed by atoms with Crippen molar-refractivity contribution in [3.8, 4) is 0 Å². The molecule has 0 aliphatic heterocycles. The van der Waals surface area contributed by atoms with E-state index in [-0.39, 0.29) is 21.6 Å². The number of benzene rings is 1. The Bertz CT molecular complexity index is 524. The monoisotopic (exact) mass is 314 g/mol. The lowest BCUT2D eigenvalue weighted by Crippen LogP contribution is -2.47. The number of nitrogens with two attached hydrogens (primary N) is 1. The van der Waals surface area contributed by atoms with Crippen LogP contribution in [0.1, 0.15) is 32.1 Å². The molecular weight excluding hydrogens is 299 g/mol. The first kappa shape index (κ1) is 15.2. The number of anilines is 1. The molecule has 0 spiro atoms. The summed E-state index contributed by atoms with van der Waals surface area (Å²) in [7, 11) is 0. The number of rotatable bonds is 3. The maximum atomic E-state index is 13.7. The maximum Gasteiger partial charge on any atom is 0.237 e. The summed E-state index contributed by atoms with van der Waals surface area (Å²) in [5.74, 6) is -0.934. The molecule has 0 atom stereocenters. The molecule has 108 valence electrons. The lowest BCUT2D eigenvalue weighted by Gasteiger charge is -2.34. The van der Waals surface area contributed by atoms with Gasteiger partial charge in [0.1, 0.15) is 5.82 Å². The Labute approximate surface area is 127 Å². The van der Waals surface area contributed by atoms with Crippen LogP contribution in [0.5, 0.6) is 0 Å². The molecule has 1 aromatic rings. The van der Waals surface area contributed by atoms with Crippen molar-refractivity contribution >= 4 is 40.4 Å². The standard InChI is InChI=1S/C14H16ClFN2OS/c15-9-5-4-6-10(16)11(9)18-13(19)14(12(17)20)7-2-1-3-8-14/h4-6H,1-3,7-8H2,(H2,17,20)(H,18,19). The number of para-hydroxylation sites is 1. The highest BCUT2D eigenvalue weighted by Gasteiger charge is 2.42. The number of hydrogen-bond acceptors (Lipinski definition) is 2. The summed E-state index contributed by atoms with van der Waals surface area (Å²) in [6, 6.07) is 4.25. The number of carbonyl (C=O) groups excluding carboxylic acids is 1. The van der Waals surface area contributed by atoms with Crippen LogP contribution in [0.3, 0.4) is 0 Å². The van der Waals surface area contributed by atoms with Crippen LogP contribution in [0.2, 0.25) is 5.02 Å². The first-order valence-electron chi connectivity index (χ1n) is 6.53. The highest BCUT2D eigenvalue weighted by atomic mass is 35.5. The van der Waals surface area contributed by atoms with E-state index in [1.165, 1.54) is 18.2 Å². The smallest absolute Gasteiger partial charge is 0.237 e. The molecule has 0 radical (unpaired) electrons. The molecule has 1 amide bonds. The van der Waals surface area contributed by atoms with Crippen molar-refractivity contribution in [2.75, 3.05) is 5.32 Å². The van der Waals surface area contributed by atoms with E-state index < -0.39 is 11.2 Å². The minimum Gasteiger partial charge on any atom is -0.392 e. The normalized spacial score (nSPS) is 17.5. The molecule has 6 heteroatoms. The van der Waals surface area contributed by atoms with E-state index in [1.54, 1.807) is 0 Å². The second-order valence-corrected chi connectivity index (χ2v) is 5.90. The van der Waals surface area contributed by atoms with Crippen molar-refractivity contribution in [1.29, 1.82) is 0 Å². The summed E-state index contributed by atoms with van der Waals surface area (Å²) in [5, 5.41) is 2.72. The first-order valence-corrected chi connectivity index (χ1v) is 7.31. The van der Waals surface area contributed by atoms with Crippen molar-refractivity contribution in [2.45, 2.75) is 32.1 Å². The van der Waals surface area contributed by atoms with Crippen LogP contribution in [-0.2, 0) is 4.79 Å². The van der Waals surface area contributed by atoms with Crippen LogP contribution in [-0.4, -0.2) is 10.9 Å². The van der Waals surface area contributed by atoms with Gasteiger partial charge in [-0.3, -0.25) is 4.79 Å². The summed E-state index contributed by atoms with van der Waals surface area (Å²) < 4.78 is 13.7. The van der Waals surface area contributed by atoms with E-state index in [2.05, 4.69) is 5.32 Å². The van der Waals surface area contributed by atoms with Gasteiger partial charge in [-0.05, 0) is 25.0 Å². The van der Waals surface area contributed by atoms with Gasteiger partial charge in [-0.25, -0.2) is 4.39 Å². The van der Waals surface area contributed by atoms with Crippen LogP contribution in [0.4, 0.5) is 10.1 Å². The van der Waals surface area contributed by atoms with E-state index in [4.69, 9.17) is 29.6 Å².